The number of esters is 1. The molecule has 2 atom stereocenters. The average Bonchev–Trinajstić information content (AvgIpc) is 2.29. The minimum Gasteiger partial charge on any atom is -0.468 e. The van der Waals surface area contributed by atoms with Gasteiger partial charge in [-0.15, -0.1) is 0 Å². The lowest BCUT2D eigenvalue weighted by Gasteiger charge is -2.30. The van der Waals surface area contributed by atoms with Gasteiger partial charge in [0, 0.05) is 6.54 Å². The Kier molecular flexibility index (Phi) is 5.77. The first kappa shape index (κ1) is 13.5. The van der Waals surface area contributed by atoms with E-state index in [1.165, 1.54) is 26.5 Å². The summed E-state index contributed by atoms with van der Waals surface area (Å²) in [5.74, 6) is 0.518. The third-order valence-electron chi connectivity index (χ3n) is 3.27. The molecule has 4 heteroatoms. The van der Waals surface area contributed by atoms with Gasteiger partial charge in [-0.05, 0) is 45.3 Å². The van der Waals surface area contributed by atoms with Gasteiger partial charge in [0.05, 0.1) is 7.11 Å². The number of ether oxygens (including phenoxy) is 1. The van der Waals surface area contributed by atoms with Gasteiger partial charge in [-0.3, -0.25) is 4.79 Å². The maximum absolute atomic E-state index is 11.4. The second-order valence-electron chi connectivity index (χ2n) is 4.66. The summed E-state index contributed by atoms with van der Waals surface area (Å²) in [5.41, 5.74) is 0. The van der Waals surface area contributed by atoms with Crippen LogP contribution >= 0.6 is 0 Å². The Balaban J connectivity index is 2.28. The van der Waals surface area contributed by atoms with Crippen LogP contribution in [0.2, 0.25) is 0 Å². The minimum absolute atomic E-state index is 0.141. The molecule has 1 heterocycles. The predicted octanol–water partition coefficient (Wildman–Crippen LogP) is 0.869. The third-order valence-corrected chi connectivity index (χ3v) is 3.27. The molecule has 2 unspecified atom stereocenters. The second kappa shape index (κ2) is 6.86. The lowest BCUT2D eigenvalue weighted by atomic mass is 9.98. The van der Waals surface area contributed by atoms with Gasteiger partial charge in [-0.2, -0.15) is 0 Å². The van der Waals surface area contributed by atoms with Gasteiger partial charge in [0.15, 0.2) is 0 Å². The van der Waals surface area contributed by atoms with Crippen molar-refractivity contribution in [3.63, 3.8) is 0 Å². The normalized spacial score (nSPS) is 24.1. The fourth-order valence-corrected chi connectivity index (χ4v) is 2.29. The fourth-order valence-electron chi connectivity index (χ4n) is 2.29. The van der Waals surface area contributed by atoms with Crippen molar-refractivity contribution in [1.29, 1.82) is 0 Å². The van der Waals surface area contributed by atoms with Gasteiger partial charge in [-0.25, -0.2) is 0 Å². The molecule has 1 N–H and O–H groups in total. The highest BCUT2D eigenvalue weighted by Crippen LogP contribution is 2.14. The van der Waals surface area contributed by atoms with Crippen molar-refractivity contribution in [1.82, 2.24) is 10.2 Å². The molecule has 0 bridgehead atoms. The first-order valence-corrected chi connectivity index (χ1v) is 6.17. The summed E-state index contributed by atoms with van der Waals surface area (Å²) in [6, 6.07) is -0.141. The molecule has 1 rings (SSSR count). The molecule has 1 aliphatic rings. The van der Waals surface area contributed by atoms with Crippen molar-refractivity contribution >= 4 is 5.97 Å². The molecule has 0 amide bonds. The van der Waals surface area contributed by atoms with Crippen molar-refractivity contribution in [2.24, 2.45) is 5.92 Å². The zero-order chi connectivity index (χ0) is 12.0. The Hall–Kier alpha value is -0.610. The highest BCUT2D eigenvalue weighted by Gasteiger charge is 2.21. The summed E-state index contributed by atoms with van der Waals surface area (Å²) >= 11 is 0. The van der Waals surface area contributed by atoms with E-state index >= 15 is 0 Å². The highest BCUT2D eigenvalue weighted by molar-refractivity contribution is 5.75. The summed E-state index contributed by atoms with van der Waals surface area (Å²) in [6.45, 7) is 5.24. The van der Waals surface area contributed by atoms with Crippen LogP contribution in [-0.4, -0.2) is 50.7 Å². The van der Waals surface area contributed by atoms with Gasteiger partial charge >= 0.3 is 5.97 Å². The van der Waals surface area contributed by atoms with E-state index in [0.29, 0.717) is 5.92 Å². The van der Waals surface area contributed by atoms with E-state index in [0.717, 1.165) is 19.5 Å². The fraction of sp³-hybridized carbons (Fsp3) is 0.917. The summed E-state index contributed by atoms with van der Waals surface area (Å²) in [4.78, 5) is 13.7. The molecule has 1 saturated heterocycles. The van der Waals surface area contributed by atoms with Gasteiger partial charge < -0.3 is 15.0 Å². The quantitative estimate of drug-likeness (QED) is 0.709. The lowest BCUT2D eigenvalue weighted by Crippen LogP contribution is -2.43. The molecule has 0 aromatic rings. The van der Waals surface area contributed by atoms with Crippen LogP contribution in [0.1, 0.15) is 26.2 Å². The van der Waals surface area contributed by atoms with Gasteiger partial charge in [-0.1, -0.05) is 6.92 Å². The van der Waals surface area contributed by atoms with Crippen LogP contribution < -0.4 is 5.32 Å². The molecular formula is C12H24N2O2. The van der Waals surface area contributed by atoms with Crippen molar-refractivity contribution < 1.29 is 9.53 Å². The molecule has 0 aromatic heterocycles. The zero-order valence-electron chi connectivity index (χ0n) is 10.7. The van der Waals surface area contributed by atoms with E-state index in [2.05, 4.69) is 17.3 Å². The molecule has 1 fully saturated rings. The molecule has 0 aliphatic carbocycles. The van der Waals surface area contributed by atoms with Crippen molar-refractivity contribution in [2.45, 2.75) is 32.2 Å². The van der Waals surface area contributed by atoms with E-state index in [9.17, 15) is 4.79 Å². The second-order valence-corrected chi connectivity index (χ2v) is 4.66. The lowest BCUT2D eigenvalue weighted by molar-refractivity contribution is -0.143. The van der Waals surface area contributed by atoms with E-state index in [-0.39, 0.29) is 12.0 Å². The number of carbonyl (C=O) groups is 1. The van der Waals surface area contributed by atoms with Gasteiger partial charge in [0.2, 0.25) is 0 Å². The minimum atomic E-state index is -0.147. The Morgan fingerprint density at radius 3 is 2.94 bits per heavy atom. The van der Waals surface area contributed by atoms with E-state index in [1.807, 2.05) is 6.92 Å². The monoisotopic (exact) mass is 228 g/mol. The van der Waals surface area contributed by atoms with Crippen molar-refractivity contribution in [2.75, 3.05) is 33.8 Å². The molecule has 16 heavy (non-hydrogen) atoms. The Labute approximate surface area is 98.3 Å². The Morgan fingerprint density at radius 1 is 1.62 bits per heavy atom. The number of rotatable bonds is 5. The number of nitrogens with one attached hydrogen (secondary N) is 1. The molecule has 1 aliphatic heterocycles. The summed E-state index contributed by atoms with van der Waals surface area (Å²) < 4.78 is 4.75. The number of likely N-dealkylation sites (tertiary alicyclic amines) is 1. The SMILES string of the molecule is CCC(NCC1CCCN(C)C1)C(=O)OC. The predicted molar refractivity (Wildman–Crippen MR) is 64.3 cm³/mol. The molecule has 0 spiro atoms. The van der Waals surface area contributed by atoms with Crippen LogP contribution in [0.5, 0.6) is 0 Å². The third kappa shape index (κ3) is 4.10. The molecular weight excluding hydrogens is 204 g/mol. The van der Waals surface area contributed by atoms with Gasteiger partial charge in [0.25, 0.3) is 0 Å². The number of methoxy groups -OCH3 is 1. The van der Waals surface area contributed by atoms with Crippen molar-refractivity contribution in [3.05, 3.63) is 0 Å². The Morgan fingerprint density at radius 2 is 2.38 bits per heavy atom. The molecule has 0 aromatic carbocycles. The molecule has 4 nitrogen and oxygen atoms in total. The first-order valence-electron chi connectivity index (χ1n) is 6.17. The number of carbonyl (C=O) groups excluding carboxylic acids is 1. The van der Waals surface area contributed by atoms with Crippen LogP contribution in [-0.2, 0) is 9.53 Å². The molecule has 0 saturated carbocycles. The smallest absolute Gasteiger partial charge is 0.322 e. The largest absolute Gasteiger partial charge is 0.468 e. The molecule has 94 valence electrons. The average molecular weight is 228 g/mol. The van der Waals surface area contributed by atoms with Crippen LogP contribution in [0.4, 0.5) is 0 Å². The highest BCUT2D eigenvalue weighted by atomic mass is 16.5. The summed E-state index contributed by atoms with van der Waals surface area (Å²) in [5, 5.41) is 3.31. The first-order chi connectivity index (χ1) is 7.67. The van der Waals surface area contributed by atoms with Crippen LogP contribution in [0, 0.1) is 5.92 Å². The van der Waals surface area contributed by atoms with E-state index < -0.39 is 0 Å². The van der Waals surface area contributed by atoms with Crippen LogP contribution in [0.25, 0.3) is 0 Å². The molecule has 0 radical (unpaired) electrons. The van der Waals surface area contributed by atoms with E-state index in [4.69, 9.17) is 4.74 Å². The summed E-state index contributed by atoms with van der Waals surface area (Å²) in [7, 11) is 3.60. The zero-order valence-corrected chi connectivity index (χ0v) is 10.7. The van der Waals surface area contributed by atoms with E-state index in [1.54, 1.807) is 0 Å². The maximum Gasteiger partial charge on any atom is 0.322 e. The summed E-state index contributed by atoms with van der Waals surface area (Å²) in [6.07, 6.45) is 3.31. The maximum atomic E-state index is 11.4. The number of nitrogens with zero attached hydrogens (tertiary/aromatic N) is 1. The number of hydrogen-bond donors (Lipinski definition) is 1. The van der Waals surface area contributed by atoms with Crippen molar-refractivity contribution in [3.8, 4) is 0 Å². The number of piperidine rings is 1. The van der Waals surface area contributed by atoms with Crippen LogP contribution in [0.3, 0.4) is 0 Å². The number of hydrogen-bond acceptors (Lipinski definition) is 4. The Bertz CT molecular complexity index is 221. The van der Waals surface area contributed by atoms with Crippen LogP contribution in [0.15, 0.2) is 0 Å². The standard InChI is InChI=1S/C12H24N2O2/c1-4-11(12(15)16-3)13-8-10-6-5-7-14(2)9-10/h10-11,13H,4-9H2,1-3H3. The van der Waals surface area contributed by atoms with Gasteiger partial charge in [0.1, 0.15) is 6.04 Å². The topological polar surface area (TPSA) is 41.6 Å².